The summed E-state index contributed by atoms with van der Waals surface area (Å²) in [6, 6.07) is 0. The fourth-order valence-corrected chi connectivity index (χ4v) is 1.76. The van der Waals surface area contributed by atoms with E-state index in [0.29, 0.717) is 26.1 Å². The van der Waals surface area contributed by atoms with Crippen LogP contribution in [0.3, 0.4) is 0 Å². The largest absolute Gasteiger partial charge is 0.409 e. The van der Waals surface area contributed by atoms with Crippen LogP contribution in [0.4, 0.5) is 0 Å². The van der Waals surface area contributed by atoms with Gasteiger partial charge >= 0.3 is 0 Å². The van der Waals surface area contributed by atoms with Gasteiger partial charge < -0.3 is 25.7 Å². The molecule has 98 valence electrons. The average molecular weight is 245 g/mol. The number of nitrogens with zero attached hydrogens (tertiary/aromatic N) is 2. The maximum absolute atomic E-state index is 11.6. The number of rotatable bonds is 4. The highest BCUT2D eigenvalue weighted by Crippen LogP contribution is 2.21. The van der Waals surface area contributed by atoms with E-state index in [0.717, 1.165) is 0 Å². The predicted molar refractivity (Wildman–Crippen MR) is 60.7 cm³/mol. The molecule has 1 aliphatic heterocycles. The van der Waals surface area contributed by atoms with Gasteiger partial charge in [0.05, 0.1) is 12.0 Å². The predicted octanol–water partition coefficient (Wildman–Crippen LogP) is -0.877. The lowest BCUT2D eigenvalue weighted by Crippen LogP contribution is -2.47. The monoisotopic (exact) mass is 245 g/mol. The molecule has 0 atom stereocenters. The fourth-order valence-electron chi connectivity index (χ4n) is 1.76. The van der Waals surface area contributed by atoms with Crippen LogP contribution in [-0.2, 0) is 9.53 Å². The second-order valence-corrected chi connectivity index (χ2v) is 4.35. The number of aliphatic hydroxyl groups is 1. The van der Waals surface area contributed by atoms with E-state index >= 15 is 0 Å². The Labute approximate surface area is 99.8 Å². The summed E-state index contributed by atoms with van der Waals surface area (Å²) in [5, 5.41) is 21.3. The van der Waals surface area contributed by atoms with E-state index < -0.39 is 5.60 Å². The van der Waals surface area contributed by atoms with Crippen LogP contribution in [0, 0.1) is 0 Å². The molecule has 0 spiro atoms. The highest BCUT2D eigenvalue weighted by Gasteiger charge is 2.32. The molecule has 0 saturated carbocycles. The molecule has 0 radical (unpaired) electrons. The number of nitrogens with two attached hydrogens (primary N) is 1. The Hall–Kier alpha value is -1.34. The second-order valence-electron chi connectivity index (χ2n) is 4.35. The van der Waals surface area contributed by atoms with Gasteiger partial charge in [-0.25, -0.2) is 0 Å². The lowest BCUT2D eigenvalue weighted by Gasteiger charge is -2.35. The molecule has 0 aromatic carbocycles. The summed E-state index contributed by atoms with van der Waals surface area (Å²) in [5.74, 6) is -0.430. The summed E-state index contributed by atoms with van der Waals surface area (Å²) >= 11 is 0. The summed E-state index contributed by atoms with van der Waals surface area (Å²) in [6.45, 7) is 1.23. The molecule has 0 aliphatic carbocycles. The van der Waals surface area contributed by atoms with E-state index in [-0.39, 0.29) is 24.7 Å². The number of amidine groups is 1. The van der Waals surface area contributed by atoms with E-state index in [1.807, 2.05) is 0 Å². The summed E-state index contributed by atoms with van der Waals surface area (Å²) in [7, 11) is 1.58. The standard InChI is InChI=1S/C10H19N3O4/c1-13(9(14)6-8(11)12-16)7-10(15)2-4-17-5-3-10/h15-16H,2-7H2,1H3,(H2,11,12). The fraction of sp³-hybridized carbons (Fsp3) is 0.800. The van der Waals surface area contributed by atoms with Gasteiger partial charge in [0, 0.05) is 39.6 Å². The molecule has 0 bridgehead atoms. The van der Waals surface area contributed by atoms with Gasteiger partial charge in [-0.2, -0.15) is 0 Å². The van der Waals surface area contributed by atoms with E-state index in [2.05, 4.69) is 5.16 Å². The number of likely N-dealkylation sites (N-methyl/N-ethyl adjacent to an activating group) is 1. The van der Waals surface area contributed by atoms with Gasteiger partial charge in [-0.3, -0.25) is 4.79 Å². The molecule has 1 rings (SSSR count). The van der Waals surface area contributed by atoms with Crippen molar-refractivity contribution in [3.63, 3.8) is 0 Å². The number of hydrogen-bond donors (Lipinski definition) is 3. The zero-order valence-corrected chi connectivity index (χ0v) is 9.93. The molecule has 7 heteroatoms. The van der Waals surface area contributed by atoms with E-state index in [1.165, 1.54) is 4.90 Å². The molecule has 1 aliphatic rings. The molecule has 0 aromatic rings. The summed E-state index contributed by atoms with van der Waals surface area (Å²) in [6.07, 6.45) is 0.863. The highest BCUT2D eigenvalue weighted by molar-refractivity contribution is 5.98. The summed E-state index contributed by atoms with van der Waals surface area (Å²) < 4.78 is 5.15. The van der Waals surface area contributed by atoms with Crippen LogP contribution >= 0.6 is 0 Å². The van der Waals surface area contributed by atoms with Crippen LogP contribution in [0.5, 0.6) is 0 Å². The first-order chi connectivity index (χ1) is 7.97. The Kier molecular flexibility index (Phi) is 4.71. The summed E-state index contributed by atoms with van der Waals surface area (Å²) in [5.41, 5.74) is 4.35. The molecular formula is C10H19N3O4. The van der Waals surface area contributed by atoms with Crippen molar-refractivity contribution in [1.82, 2.24) is 4.90 Å². The molecule has 4 N–H and O–H groups in total. The van der Waals surface area contributed by atoms with Crippen molar-refractivity contribution < 1.29 is 19.8 Å². The number of carbonyl (C=O) groups excluding carboxylic acids is 1. The average Bonchev–Trinajstić information content (AvgIpc) is 2.29. The van der Waals surface area contributed by atoms with Crippen LogP contribution < -0.4 is 5.73 Å². The SMILES string of the molecule is CN(CC1(O)CCOCC1)C(=O)CC(N)=NO. The van der Waals surface area contributed by atoms with Gasteiger partial charge in [0.25, 0.3) is 0 Å². The molecule has 1 fully saturated rings. The topological polar surface area (TPSA) is 108 Å². The zero-order chi connectivity index (χ0) is 12.9. The Balaban J connectivity index is 2.47. The summed E-state index contributed by atoms with van der Waals surface area (Å²) in [4.78, 5) is 13.0. The van der Waals surface area contributed by atoms with Gasteiger partial charge in [0.1, 0.15) is 5.84 Å². The lowest BCUT2D eigenvalue weighted by atomic mass is 9.94. The molecular weight excluding hydrogens is 226 g/mol. The van der Waals surface area contributed by atoms with Gasteiger partial charge in [-0.15, -0.1) is 0 Å². The first-order valence-electron chi connectivity index (χ1n) is 5.47. The first-order valence-corrected chi connectivity index (χ1v) is 5.47. The highest BCUT2D eigenvalue weighted by atomic mass is 16.5. The van der Waals surface area contributed by atoms with Gasteiger partial charge in [0.2, 0.25) is 5.91 Å². The number of oxime groups is 1. The van der Waals surface area contributed by atoms with Crippen LogP contribution in [-0.4, -0.2) is 59.4 Å². The minimum Gasteiger partial charge on any atom is -0.409 e. The number of ether oxygens (including phenoxy) is 1. The van der Waals surface area contributed by atoms with Crippen molar-refractivity contribution in [2.24, 2.45) is 10.9 Å². The maximum atomic E-state index is 11.6. The maximum Gasteiger partial charge on any atom is 0.230 e. The Bertz CT molecular complexity index is 300. The van der Waals surface area contributed by atoms with Crippen molar-refractivity contribution in [2.75, 3.05) is 26.8 Å². The number of hydrogen-bond acceptors (Lipinski definition) is 5. The normalized spacial score (nSPS) is 20.0. The quantitative estimate of drug-likeness (QED) is 0.258. The molecule has 0 aromatic heterocycles. The smallest absolute Gasteiger partial charge is 0.230 e. The van der Waals surface area contributed by atoms with Crippen LogP contribution in [0.15, 0.2) is 5.16 Å². The van der Waals surface area contributed by atoms with Crippen molar-refractivity contribution in [3.8, 4) is 0 Å². The molecule has 7 nitrogen and oxygen atoms in total. The molecule has 1 amide bonds. The van der Waals surface area contributed by atoms with E-state index in [4.69, 9.17) is 15.7 Å². The lowest BCUT2D eigenvalue weighted by molar-refractivity contribution is -0.135. The van der Waals surface area contributed by atoms with E-state index in [9.17, 15) is 9.90 Å². The molecule has 1 heterocycles. The minimum absolute atomic E-state index is 0.138. The number of carbonyl (C=O) groups is 1. The Morgan fingerprint density at radius 2 is 2.12 bits per heavy atom. The van der Waals surface area contributed by atoms with Crippen molar-refractivity contribution in [3.05, 3.63) is 0 Å². The van der Waals surface area contributed by atoms with Gasteiger partial charge in [-0.05, 0) is 0 Å². The van der Waals surface area contributed by atoms with Crippen LogP contribution in [0.25, 0.3) is 0 Å². The third-order valence-electron chi connectivity index (χ3n) is 2.84. The molecule has 0 unspecified atom stereocenters. The van der Waals surface area contributed by atoms with Gasteiger partial charge in [0.15, 0.2) is 0 Å². The van der Waals surface area contributed by atoms with E-state index in [1.54, 1.807) is 7.05 Å². The third kappa shape index (κ3) is 4.20. The minimum atomic E-state index is -0.895. The second kappa shape index (κ2) is 5.83. The van der Waals surface area contributed by atoms with Crippen molar-refractivity contribution in [1.29, 1.82) is 0 Å². The Morgan fingerprint density at radius 1 is 1.53 bits per heavy atom. The first kappa shape index (κ1) is 13.7. The van der Waals surface area contributed by atoms with Crippen molar-refractivity contribution >= 4 is 11.7 Å². The Morgan fingerprint density at radius 3 is 2.65 bits per heavy atom. The molecule has 17 heavy (non-hydrogen) atoms. The third-order valence-corrected chi connectivity index (χ3v) is 2.84. The number of amides is 1. The zero-order valence-electron chi connectivity index (χ0n) is 9.93. The van der Waals surface area contributed by atoms with Crippen LogP contribution in [0.2, 0.25) is 0 Å². The van der Waals surface area contributed by atoms with Crippen LogP contribution in [0.1, 0.15) is 19.3 Å². The van der Waals surface area contributed by atoms with Gasteiger partial charge in [-0.1, -0.05) is 5.16 Å². The van der Waals surface area contributed by atoms with Crippen molar-refractivity contribution in [2.45, 2.75) is 24.9 Å². The molecule has 1 saturated heterocycles.